The topological polar surface area (TPSA) is 71.1 Å². The van der Waals surface area contributed by atoms with Crippen molar-refractivity contribution >= 4 is 11.8 Å². The third-order valence-electron chi connectivity index (χ3n) is 3.75. The lowest BCUT2D eigenvalue weighted by Gasteiger charge is -2.21. The van der Waals surface area contributed by atoms with Crippen molar-refractivity contribution in [3.05, 3.63) is 23.8 Å². The van der Waals surface area contributed by atoms with Crippen molar-refractivity contribution in [2.45, 2.75) is 19.9 Å². The number of ether oxygens (including phenoxy) is 2. The molecule has 0 bridgehead atoms. The predicted octanol–water partition coefficient (Wildman–Crippen LogP) is 0.832. The number of carbonyl (C=O) groups excluding carboxylic acids is 2. The van der Waals surface area contributed by atoms with Gasteiger partial charge in [0.15, 0.2) is 11.5 Å². The van der Waals surface area contributed by atoms with Crippen molar-refractivity contribution in [1.82, 2.24) is 15.1 Å². The van der Waals surface area contributed by atoms with E-state index in [-0.39, 0.29) is 25.0 Å². The van der Waals surface area contributed by atoms with E-state index in [9.17, 15) is 9.59 Å². The lowest BCUT2D eigenvalue weighted by atomic mass is 10.2. The summed E-state index contributed by atoms with van der Waals surface area (Å²) in [7, 11) is 3.91. The number of nitrogens with one attached hydrogen (secondary N) is 1. The highest BCUT2D eigenvalue weighted by molar-refractivity contribution is 5.78. The molecule has 0 spiro atoms. The first-order valence-electron chi connectivity index (χ1n) is 8.01. The van der Waals surface area contributed by atoms with Crippen LogP contribution in [0.3, 0.4) is 0 Å². The molecule has 0 unspecified atom stereocenters. The second-order valence-electron chi connectivity index (χ2n) is 6.03. The third-order valence-corrected chi connectivity index (χ3v) is 3.75. The number of hydrogen-bond donors (Lipinski definition) is 1. The number of likely N-dealkylation sites (N-methyl/N-ethyl adjacent to an activating group) is 1. The number of nitrogens with zero attached hydrogens (tertiary/aromatic N) is 2. The Hall–Kier alpha value is -2.28. The molecule has 132 valence electrons. The zero-order valence-electron chi connectivity index (χ0n) is 14.5. The molecule has 1 aliphatic heterocycles. The molecule has 7 nitrogen and oxygen atoms in total. The van der Waals surface area contributed by atoms with E-state index < -0.39 is 0 Å². The Kier molecular flexibility index (Phi) is 6.43. The third kappa shape index (κ3) is 5.42. The summed E-state index contributed by atoms with van der Waals surface area (Å²) < 4.78 is 10.6. The van der Waals surface area contributed by atoms with Crippen LogP contribution in [0.25, 0.3) is 0 Å². The van der Waals surface area contributed by atoms with Gasteiger partial charge in [-0.05, 0) is 31.8 Å². The molecule has 7 heteroatoms. The number of fused-ring (bicyclic) bond motifs is 1. The Morgan fingerprint density at radius 2 is 1.92 bits per heavy atom. The number of amides is 2. The van der Waals surface area contributed by atoms with Crippen molar-refractivity contribution in [3.8, 4) is 11.5 Å². The highest BCUT2D eigenvalue weighted by Crippen LogP contribution is 2.32. The monoisotopic (exact) mass is 335 g/mol. The summed E-state index contributed by atoms with van der Waals surface area (Å²) in [5.41, 5.74) is 0.947. The van der Waals surface area contributed by atoms with Gasteiger partial charge in [-0.15, -0.1) is 0 Å². The summed E-state index contributed by atoms with van der Waals surface area (Å²) in [5.74, 6) is 1.30. The normalized spacial score (nSPS) is 12.3. The van der Waals surface area contributed by atoms with E-state index in [0.29, 0.717) is 31.1 Å². The second-order valence-corrected chi connectivity index (χ2v) is 6.03. The molecule has 2 rings (SSSR count). The summed E-state index contributed by atoms with van der Waals surface area (Å²) in [6, 6.07) is 5.61. The van der Waals surface area contributed by atoms with Crippen molar-refractivity contribution in [2.75, 3.05) is 40.5 Å². The minimum absolute atomic E-state index is 0.0474. The van der Waals surface area contributed by atoms with Crippen LogP contribution < -0.4 is 14.8 Å². The lowest BCUT2D eigenvalue weighted by molar-refractivity contribution is -0.130. The minimum atomic E-state index is -0.0613. The van der Waals surface area contributed by atoms with E-state index in [1.54, 1.807) is 4.90 Å². The van der Waals surface area contributed by atoms with E-state index in [4.69, 9.17) is 9.47 Å². The second kappa shape index (κ2) is 8.54. The molecule has 0 fully saturated rings. The molecule has 0 saturated heterocycles. The molecule has 0 aromatic heterocycles. The van der Waals surface area contributed by atoms with Gasteiger partial charge < -0.3 is 24.6 Å². The van der Waals surface area contributed by atoms with Gasteiger partial charge in [-0.3, -0.25) is 9.59 Å². The van der Waals surface area contributed by atoms with Crippen molar-refractivity contribution in [2.24, 2.45) is 0 Å². The van der Waals surface area contributed by atoms with Gasteiger partial charge in [-0.1, -0.05) is 6.07 Å². The molecule has 0 saturated carbocycles. The summed E-state index contributed by atoms with van der Waals surface area (Å²) >= 11 is 0. The van der Waals surface area contributed by atoms with Gasteiger partial charge in [0.1, 0.15) is 0 Å². The smallest absolute Gasteiger partial charge is 0.231 e. The number of hydrogen-bond acceptors (Lipinski definition) is 5. The van der Waals surface area contributed by atoms with Gasteiger partial charge in [0.05, 0.1) is 0 Å². The van der Waals surface area contributed by atoms with E-state index in [1.807, 2.05) is 37.2 Å². The largest absolute Gasteiger partial charge is 0.454 e. The standard InChI is InChI=1S/C17H25N3O4/c1-13(21)20(8-6-17(22)18-7-9-19(2)3)11-14-4-5-15-16(10-14)24-12-23-15/h4-5,10H,6-9,11-12H2,1-3H3,(H,18,22). The van der Waals surface area contributed by atoms with Crippen LogP contribution >= 0.6 is 0 Å². The SMILES string of the molecule is CC(=O)N(CCC(=O)NCCN(C)C)Cc1ccc2c(c1)OCO2. The van der Waals surface area contributed by atoms with Gasteiger partial charge in [0.2, 0.25) is 18.6 Å². The average molecular weight is 335 g/mol. The average Bonchev–Trinajstić information content (AvgIpc) is 2.98. The van der Waals surface area contributed by atoms with E-state index >= 15 is 0 Å². The fraction of sp³-hybridized carbons (Fsp3) is 0.529. The molecule has 24 heavy (non-hydrogen) atoms. The molecule has 1 aliphatic rings. The van der Waals surface area contributed by atoms with Gasteiger partial charge in [0, 0.05) is 39.5 Å². The fourth-order valence-corrected chi connectivity index (χ4v) is 2.35. The Labute approximate surface area is 142 Å². The van der Waals surface area contributed by atoms with Crippen LogP contribution in [0, 0.1) is 0 Å². The van der Waals surface area contributed by atoms with Crippen LogP contribution in [0.5, 0.6) is 11.5 Å². The fourth-order valence-electron chi connectivity index (χ4n) is 2.35. The van der Waals surface area contributed by atoms with Gasteiger partial charge >= 0.3 is 0 Å². The Bertz CT molecular complexity index is 589. The van der Waals surface area contributed by atoms with Crippen LogP contribution in [0.1, 0.15) is 18.9 Å². The lowest BCUT2D eigenvalue weighted by Crippen LogP contribution is -2.35. The molecule has 1 N–H and O–H groups in total. The Morgan fingerprint density at radius 1 is 1.17 bits per heavy atom. The van der Waals surface area contributed by atoms with Crippen molar-refractivity contribution in [3.63, 3.8) is 0 Å². The predicted molar refractivity (Wildman–Crippen MR) is 89.8 cm³/mol. The maximum atomic E-state index is 11.9. The van der Waals surface area contributed by atoms with Crippen LogP contribution in [0.2, 0.25) is 0 Å². The van der Waals surface area contributed by atoms with Gasteiger partial charge in [-0.25, -0.2) is 0 Å². The van der Waals surface area contributed by atoms with Gasteiger partial charge in [0.25, 0.3) is 0 Å². The van der Waals surface area contributed by atoms with Crippen LogP contribution in [-0.4, -0.2) is 62.1 Å². The van der Waals surface area contributed by atoms with E-state index in [2.05, 4.69) is 5.32 Å². The molecule has 0 aliphatic carbocycles. The highest BCUT2D eigenvalue weighted by Gasteiger charge is 2.16. The van der Waals surface area contributed by atoms with E-state index in [1.165, 1.54) is 6.92 Å². The molecule has 1 aromatic rings. The number of carbonyl (C=O) groups is 2. The summed E-state index contributed by atoms with van der Waals surface area (Å²) in [6.45, 7) is 3.96. The van der Waals surface area contributed by atoms with Gasteiger partial charge in [-0.2, -0.15) is 0 Å². The Morgan fingerprint density at radius 3 is 2.62 bits per heavy atom. The highest BCUT2D eigenvalue weighted by atomic mass is 16.7. The van der Waals surface area contributed by atoms with Crippen LogP contribution in [0.15, 0.2) is 18.2 Å². The Balaban J connectivity index is 1.83. The maximum absolute atomic E-state index is 11.9. The van der Waals surface area contributed by atoms with Crippen LogP contribution in [-0.2, 0) is 16.1 Å². The van der Waals surface area contributed by atoms with Crippen LogP contribution in [0.4, 0.5) is 0 Å². The first-order chi connectivity index (χ1) is 11.5. The summed E-state index contributed by atoms with van der Waals surface area (Å²) in [6.07, 6.45) is 0.289. The maximum Gasteiger partial charge on any atom is 0.231 e. The molecule has 0 radical (unpaired) electrons. The molecular weight excluding hydrogens is 310 g/mol. The quantitative estimate of drug-likeness (QED) is 0.762. The molecule has 2 amide bonds. The molecule has 0 atom stereocenters. The molecule has 1 heterocycles. The zero-order valence-corrected chi connectivity index (χ0v) is 14.5. The van der Waals surface area contributed by atoms with Crippen molar-refractivity contribution in [1.29, 1.82) is 0 Å². The minimum Gasteiger partial charge on any atom is -0.454 e. The summed E-state index contributed by atoms with van der Waals surface area (Å²) in [5, 5.41) is 2.85. The number of rotatable bonds is 8. The first kappa shape index (κ1) is 18.1. The summed E-state index contributed by atoms with van der Waals surface area (Å²) in [4.78, 5) is 27.3. The molecular formula is C17H25N3O4. The zero-order chi connectivity index (χ0) is 17.5. The number of benzene rings is 1. The van der Waals surface area contributed by atoms with E-state index in [0.717, 1.165) is 12.1 Å². The van der Waals surface area contributed by atoms with Crippen molar-refractivity contribution < 1.29 is 19.1 Å². The molecule has 1 aromatic carbocycles. The first-order valence-corrected chi connectivity index (χ1v) is 8.01.